The summed E-state index contributed by atoms with van der Waals surface area (Å²) >= 11 is 0. The molecule has 0 aromatic carbocycles. The number of carbonyl (C=O) groups is 2. The molecule has 0 amide bonds. The van der Waals surface area contributed by atoms with Gasteiger partial charge in [0.05, 0.1) is 0 Å². The highest BCUT2D eigenvalue weighted by molar-refractivity contribution is 6.74. The zero-order valence-corrected chi connectivity index (χ0v) is 20.8. The summed E-state index contributed by atoms with van der Waals surface area (Å²) in [6, 6.07) is 0. The van der Waals surface area contributed by atoms with Gasteiger partial charge in [0.25, 0.3) is 0 Å². The van der Waals surface area contributed by atoms with E-state index in [0.717, 1.165) is 44.9 Å². The van der Waals surface area contributed by atoms with Gasteiger partial charge in [0.1, 0.15) is 11.6 Å². The summed E-state index contributed by atoms with van der Waals surface area (Å²) in [6.45, 7) is 16.2. The predicted octanol–water partition coefficient (Wildman–Crippen LogP) is 6.17. The van der Waals surface area contributed by atoms with Crippen LogP contribution in [0.1, 0.15) is 86.0 Å². The van der Waals surface area contributed by atoms with Crippen LogP contribution in [0.15, 0.2) is 0 Å². The van der Waals surface area contributed by atoms with Crippen LogP contribution in [0.2, 0.25) is 18.1 Å². The molecule has 0 aliphatic heterocycles. The SMILES string of the molecule is CC(C)(C)[Si](C)(C)OC1CC[C@@]2(C)[C@H](C1)C(=O)C[C@@H]1[C@@H]2CC[C@]2(C)C(=O)CC[C@@H]12. The van der Waals surface area contributed by atoms with Crippen LogP contribution >= 0.6 is 0 Å². The van der Waals surface area contributed by atoms with E-state index in [0.29, 0.717) is 35.7 Å². The summed E-state index contributed by atoms with van der Waals surface area (Å²) in [5.74, 6) is 2.59. The number of fused-ring (bicyclic) bond motifs is 5. The number of ketones is 2. The smallest absolute Gasteiger partial charge is 0.192 e. The Hall–Kier alpha value is -0.483. The van der Waals surface area contributed by atoms with Gasteiger partial charge >= 0.3 is 0 Å². The minimum Gasteiger partial charge on any atom is -0.414 e. The van der Waals surface area contributed by atoms with Crippen LogP contribution in [0.4, 0.5) is 0 Å². The van der Waals surface area contributed by atoms with Crippen molar-refractivity contribution in [3.63, 3.8) is 0 Å². The van der Waals surface area contributed by atoms with Gasteiger partial charge in [-0.05, 0) is 79.8 Å². The summed E-state index contributed by atoms with van der Waals surface area (Å²) in [5.41, 5.74) is -0.0342. The van der Waals surface area contributed by atoms with Crippen LogP contribution in [0.25, 0.3) is 0 Å². The van der Waals surface area contributed by atoms with Crippen LogP contribution in [0.3, 0.4) is 0 Å². The predicted molar refractivity (Wildman–Crippen MR) is 119 cm³/mol. The van der Waals surface area contributed by atoms with E-state index in [4.69, 9.17) is 4.43 Å². The molecule has 0 saturated heterocycles. The van der Waals surface area contributed by atoms with Crippen molar-refractivity contribution in [2.24, 2.45) is 34.5 Å². The van der Waals surface area contributed by atoms with Crippen LogP contribution in [-0.2, 0) is 14.0 Å². The molecule has 4 heteroatoms. The Labute approximate surface area is 178 Å². The van der Waals surface area contributed by atoms with Crippen molar-refractivity contribution in [1.29, 1.82) is 0 Å². The number of Topliss-reactive ketones (excluding diaryl/α,β-unsaturated/α-hetero) is 2. The summed E-state index contributed by atoms with van der Waals surface area (Å²) in [5, 5.41) is 0.207. The van der Waals surface area contributed by atoms with Gasteiger partial charge in [-0.1, -0.05) is 34.6 Å². The minimum atomic E-state index is -1.81. The normalized spacial score (nSPS) is 45.6. The molecule has 3 nitrogen and oxygen atoms in total. The molecular weight excluding hydrogens is 376 g/mol. The van der Waals surface area contributed by atoms with E-state index >= 15 is 0 Å². The number of hydrogen-bond donors (Lipinski definition) is 0. The van der Waals surface area contributed by atoms with E-state index in [2.05, 4.69) is 47.7 Å². The summed E-state index contributed by atoms with van der Waals surface area (Å²) in [4.78, 5) is 26.1. The largest absolute Gasteiger partial charge is 0.414 e. The second-order valence-electron chi connectivity index (χ2n) is 12.8. The van der Waals surface area contributed by atoms with Crippen molar-refractivity contribution < 1.29 is 14.0 Å². The van der Waals surface area contributed by atoms with Gasteiger partial charge in [-0.15, -0.1) is 0 Å². The second kappa shape index (κ2) is 6.76. The number of carbonyl (C=O) groups excluding carboxylic acids is 2. The lowest BCUT2D eigenvalue weighted by Crippen LogP contribution is -2.58. The van der Waals surface area contributed by atoms with Crippen molar-refractivity contribution in [3.05, 3.63) is 0 Å². The first-order valence-corrected chi connectivity index (χ1v) is 14.9. The molecule has 7 atom stereocenters. The van der Waals surface area contributed by atoms with Gasteiger partial charge in [0.15, 0.2) is 8.32 Å². The number of hydrogen-bond acceptors (Lipinski definition) is 3. The second-order valence-corrected chi connectivity index (χ2v) is 17.6. The summed E-state index contributed by atoms with van der Waals surface area (Å²) in [7, 11) is -1.81. The molecule has 0 heterocycles. The van der Waals surface area contributed by atoms with Gasteiger partial charge in [-0.2, -0.15) is 0 Å². The van der Waals surface area contributed by atoms with Gasteiger partial charge in [0.2, 0.25) is 0 Å². The first-order chi connectivity index (χ1) is 13.3. The molecule has 29 heavy (non-hydrogen) atoms. The van der Waals surface area contributed by atoms with E-state index in [1.807, 2.05) is 0 Å². The summed E-state index contributed by atoms with van der Waals surface area (Å²) in [6.07, 6.45) is 8.02. The van der Waals surface area contributed by atoms with E-state index in [1.54, 1.807) is 0 Å². The van der Waals surface area contributed by atoms with E-state index in [1.165, 1.54) is 0 Å². The Kier molecular flexibility index (Phi) is 5.06. The average Bonchev–Trinajstić information content (AvgIpc) is 2.90. The molecule has 0 aromatic heterocycles. The Balaban J connectivity index is 1.54. The lowest BCUT2D eigenvalue weighted by Gasteiger charge is -2.59. The van der Waals surface area contributed by atoms with Crippen molar-refractivity contribution >= 4 is 19.9 Å². The first-order valence-electron chi connectivity index (χ1n) is 12.0. The molecule has 0 spiro atoms. The molecule has 4 aliphatic rings. The maximum Gasteiger partial charge on any atom is 0.192 e. The topological polar surface area (TPSA) is 43.4 Å². The highest BCUT2D eigenvalue weighted by Crippen LogP contribution is 2.65. The van der Waals surface area contributed by atoms with Crippen LogP contribution in [0.5, 0.6) is 0 Å². The van der Waals surface area contributed by atoms with Crippen LogP contribution in [0, 0.1) is 34.5 Å². The van der Waals surface area contributed by atoms with Crippen molar-refractivity contribution in [2.45, 2.75) is 110 Å². The van der Waals surface area contributed by atoms with Crippen molar-refractivity contribution in [3.8, 4) is 0 Å². The highest BCUT2D eigenvalue weighted by atomic mass is 28.4. The lowest BCUT2D eigenvalue weighted by atomic mass is 9.45. The molecule has 0 aromatic rings. The Bertz CT molecular complexity index is 707. The lowest BCUT2D eigenvalue weighted by molar-refractivity contribution is -0.159. The van der Waals surface area contributed by atoms with Crippen molar-refractivity contribution in [2.75, 3.05) is 0 Å². The van der Waals surface area contributed by atoms with E-state index in [-0.39, 0.29) is 27.9 Å². The van der Waals surface area contributed by atoms with Gasteiger partial charge in [0, 0.05) is 30.3 Å². The standard InChI is InChI=1S/C25H42O3Si/c1-23(2,3)29(6,7)28-16-10-12-24(4)19-11-13-25(5)18(8-9-22(25)27)17(19)15-21(26)20(24)14-16/h16-20H,8-15H2,1-7H3/t16?,17-,18-,19-,20+,24+,25-/m0/s1. The Morgan fingerprint density at radius 1 is 1.00 bits per heavy atom. The van der Waals surface area contributed by atoms with Crippen molar-refractivity contribution in [1.82, 2.24) is 0 Å². The molecule has 0 bridgehead atoms. The molecule has 4 aliphatic carbocycles. The molecule has 164 valence electrons. The fourth-order valence-corrected chi connectivity index (χ4v) is 8.88. The third-order valence-corrected chi connectivity index (χ3v) is 14.9. The molecular formula is C25H42O3Si. The zero-order valence-electron chi connectivity index (χ0n) is 19.8. The maximum atomic E-state index is 13.4. The minimum absolute atomic E-state index is 0.111. The van der Waals surface area contributed by atoms with E-state index < -0.39 is 8.32 Å². The fraction of sp³-hybridized carbons (Fsp3) is 0.920. The molecule has 4 rings (SSSR count). The summed E-state index contributed by atoms with van der Waals surface area (Å²) < 4.78 is 6.76. The van der Waals surface area contributed by atoms with E-state index in [9.17, 15) is 9.59 Å². The Morgan fingerprint density at radius 2 is 1.69 bits per heavy atom. The molecule has 0 N–H and O–H groups in total. The van der Waals surface area contributed by atoms with Crippen LogP contribution < -0.4 is 0 Å². The monoisotopic (exact) mass is 418 g/mol. The first kappa shape index (κ1) is 21.7. The molecule has 1 unspecified atom stereocenters. The van der Waals surface area contributed by atoms with Gasteiger partial charge in [-0.3, -0.25) is 9.59 Å². The Morgan fingerprint density at radius 3 is 2.34 bits per heavy atom. The fourth-order valence-electron chi connectivity index (χ4n) is 7.48. The van der Waals surface area contributed by atoms with Gasteiger partial charge in [-0.25, -0.2) is 0 Å². The highest BCUT2D eigenvalue weighted by Gasteiger charge is 2.62. The molecule has 4 saturated carbocycles. The van der Waals surface area contributed by atoms with Crippen LogP contribution in [-0.4, -0.2) is 26.0 Å². The quantitative estimate of drug-likeness (QED) is 0.504. The molecule has 0 radical (unpaired) electrons. The third kappa shape index (κ3) is 3.23. The maximum absolute atomic E-state index is 13.4. The number of rotatable bonds is 2. The average molecular weight is 419 g/mol. The zero-order chi connectivity index (χ0) is 21.4. The third-order valence-electron chi connectivity index (χ3n) is 10.4. The van der Waals surface area contributed by atoms with Gasteiger partial charge < -0.3 is 4.43 Å². The molecule has 4 fully saturated rings.